The molecule has 1 aromatic rings. The van der Waals surface area contributed by atoms with Crippen LogP contribution in [0.1, 0.15) is 26.5 Å². The first-order valence-corrected chi connectivity index (χ1v) is 5.96. The van der Waals surface area contributed by atoms with Crippen LogP contribution in [0, 0.1) is 5.92 Å². The minimum absolute atomic E-state index is 0.0909. The van der Waals surface area contributed by atoms with Gasteiger partial charge in [-0.05, 0) is 26.0 Å². The lowest BCUT2D eigenvalue weighted by Gasteiger charge is -2.28. The molecule has 1 heterocycles. The Morgan fingerprint density at radius 3 is 2.59 bits per heavy atom. The molecule has 1 atom stereocenters. The smallest absolute Gasteiger partial charge is 0.227 e. The van der Waals surface area contributed by atoms with Gasteiger partial charge < -0.3 is 10.6 Å². The molecule has 0 fully saturated rings. The number of nitrogens with zero attached hydrogens (tertiary/aromatic N) is 2. The maximum absolute atomic E-state index is 12.1. The van der Waals surface area contributed by atoms with E-state index in [1.54, 1.807) is 6.20 Å². The zero-order valence-electron chi connectivity index (χ0n) is 10.8. The van der Waals surface area contributed by atoms with Gasteiger partial charge in [-0.25, -0.2) is 0 Å². The number of hydrogen-bond donors (Lipinski definition) is 1. The molecule has 4 nitrogen and oxygen atoms in total. The van der Waals surface area contributed by atoms with E-state index in [9.17, 15) is 4.79 Å². The molecule has 1 unspecified atom stereocenters. The molecule has 1 amide bonds. The van der Waals surface area contributed by atoms with Crippen molar-refractivity contribution >= 4 is 5.91 Å². The van der Waals surface area contributed by atoms with Crippen molar-refractivity contribution in [3.63, 3.8) is 0 Å². The molecule has 0 saturated carbocycles. The largest absolute Gasteiger partial charge is 0.334 e. The molecule has 4 heteroatoms. The third-order valence-corrected chi connectivity index (χ3v) is 2.74. The number of rotatable bonds is 5. The second kappa shape index (κ2) is 6.35. The fraction of sp³-hybridized carbons (Fsp3) is 0.538. The highest BCUT2D eigenvalue weighted by atomic mass is 16.2. The Balaban J connectivity index is 2.77. The van der Waals surface area contributed by atoms with E-state index in [-0.39, 0.29) is 17.9 Å². The number of nitrogens with two attached hydrogens (primary N) is 1. The Hall–Kier alpha value is -1.42. The highest BCUT2D eigenvalue weighted by Crippen LogP contribution is 2.10. The molecule has 0 aliphatic rings. The monoisotopic (exact) mass is 235 g/mol. The number of carbonyl (C=O) groups excluding carboxylic acids is 1. The van der Waals surface area contributed by atoms with Gasteiger partial charge in [-0.15, -0.1) is 0 Å². The van der Waals surface area contributed by atoms with Gasteiger partial charge in [-0.3, -0.25) is 9.78 Å². The summed E-state index contributed by atoms with van der Waals surface area (Å²) in [6.07, 6.45) is 1.74. The lowest BCUT2D eigenvalue weighted by molar-refractivity contribution is -0.137. The molecule has 17 heavy (non-hydrogen) atoms. The van der Waals surface area contributed by atoms with Crippen LogP contribution in [0.25, 0.3) is 0 Å². The minimum Gasteiger partial charge on any atom is -0.334 e. The fourth-order valence-corrected chi connectivity index (χ4v) is 1.57. The summed E-state index contributed by atoms with van der Waals surface area (Å²) in [6.45, 7) is 6.79. The molecule has 0 spiro atoms. The zero-order valence-corrected chi connectivity index (χ0v) is 10.8. The van der Waals surface area contributed by atoms with Crippen LogP contribution >= 0.6 is 0 Å². The molecule has 2 N–H and O–H groups in total. The molecule has 1 aromatic heterocycles. The second-order valence-corrected chi connectivity index (χ2v) is 4.52. The first-order valence-electron chi connectivity index (χ1n) is 5.96. The third kappa shape index (κ3) is 3.82. The van der Waals surface area contributed by atoms with Crippen molar-refractivity contribution < 1.29 is 4.79 Å². The summed E-state index contributed by atoms with van der Waals surface area (Å²) in [4.78, 5) is 18.2. The van der Waals surface area contributed by atoms with Gasteiger partial charge in [0.1, 0.15) is 0 Å². The predicted octanol–water partition coefficient (Wildman–Crippen LogP) is 1.41. The Morgan fingerprint density at radius 1 is 1.41 bits per heavy atom. The van der Waals surface area contributed by atoms with E-state index in [0.29, 0.717) is 13.1 Å². The first kappa shape index (κ1) is 13.6. The maximum atomic E-state index is 12.1. The average Bonchev–Trinajstić information content (AvgIpc) is 2.35. The van der Waals surface area contributed by atoms with Crippen molar-refractivity contribution in [2.45, 2.75) is 33.4 Å². The molecular weight excluding hydrogens is 214 g/mol. The highest BCUT2D eigenvalue weighted by Gasteiger charge is 2.22. The van der Waals surface area contributed by atoms with Crippen LogP contribution in [0.4, 0.5) is 0 Å². The number of carbonyl (C=O) groups is 1. The lowest BCUT2D eigenvalue weighted by atomic mass is 10.1. The number of aromatic nitrogens is 1. The molecule has 0 radical (unpaired) electrons. The van der Waals surface area contributed by atoms with E-state index >= 15 is 0 Å². The van der Waals surface area contributed by atoms with Crippen LogP contribution in [0.5, 0.6) is 0 Å². The van der Waals surface area contributed by atoms with Crippen LogP contribution < -0.4 is 5.73 Å². The summed E-state index contributed by atoms with van der Waals surface area (Å²) in [6, 6.07) is 5.87. The fourth-order valence-electron chi connectivity index (χ4n) is 1.57. The first-order chi connectivity index (χ1) is 8.06. The molecule has 1 rings (SSSR count). The zero-order chi connectivity index (χ0) is 12.8. The predicted molar refractivity (Wildman–Crippen MR) is 68.1 cm³/mol. The standard InChI is InChI=1S/C13H21N3O/c1-10(2)16(13(17)11(3)8-14)9-12-6-4-5-7-15-12/h4-7,10-11H,8-9,14H2,1-3H3. The molecule has 0 aliphatic carbocycles. The molecule has 0 saturated heterocycles. The van der Waals surface area contributed by atoms with Crippen molar-refractivity contribution in [1.29, 1.82) is 0 Å². The SMILES string of the molecule is CC(CN)C(=O)N(Cc1ccccn1)C(C)C. The summed E-state index contributed by atoms with van der Waals surface area (Å²) in [7, 11) is 0. The summed E-state index contributed by atoms with van der Waals surface area (Å²) in [5, 5.41) is 0. The second-order valence-electron chi connectivity index (χ2n) is 4.52. The summed E-state index contributed by atoms with van der Waals surface area (Å²) < 4.78 is 0. The van der Waals surface area contributed by atoms with Gasteiger partial charge in [0.15, 0.2) is 0 Å². The van der Waals surface area contributed by atoms with Crippen molar-refractivity contribution in [1.82, 2.24) is 9.88 Å². The van der Waals surface area contributed by atoms with Crippen LogP contribution in [0.2, 0.25) is 0 Å². The summed E-state index contributed by atoms with van der Waals surface area (Å²) in [5.41, 5.74) is 6.44. The Bertz CT molecular complexity index is 351. The Kier molecular flexibility index (Phi) is 5.10. The van der Waals surface area contributed by atoms with E-state index in [1.807, 2.05) is 43.9 Å². The van der Waals surface area contributed by atoms with E-state index in [4.69, 9.17) is 5.73 Å². The quantitative estimate of drug-likeness (QED) is 0.839. The van der Waals surface area contributed by atoms with Crippen molar-refractivity contribution in [2.24, 2.45) is 11.7 Å². The Morgan fingerprint density at radius 2 is 2.12 bits per heavy atom. The van der Waals surface area contributed by atoms with Crippen molar-refractivity contribution in [3.05, 3.63) is 30.1 Å². The average molecular weight is 235 g/mol. The molecule has 0 aromatic carbocycles. The van der Waals surface area contributed by atoms with Gasteiger partial charge in [0.2, 0.25) is 5.91 Å². The van der Waals surface area contributed by atoms with Crippen LogP contribution in [-0.2, 0) is 11.3 Å². The van der Waals surface area contributed by atoms with E-state index in [1.165, 1.54) is 0 Å². The van der Waals surface area contributed by atoms with Gasteiger partial charge in [0, 0.05) is 24.7 Å². The lowest BCUT2D eigenvalue weighted by Crippen LogP contribution is -2.41. The van der Waals surface area contributed by atoms with Gasteiger partial charge in [0.05, 0.1) is 12.2 Å². The van der Waals surface area contributed by atoms with Gasteiger partial charge in [-0.1, -0.05) is 13.0 Å². The van der Waals surface area contributed by atoms with Crippen molar-refractivity contribution in [2.75, 3.05) is 6.54 Å². The molecular formula is C13H21N3O. The number of pyridine rings is 1. The summed E-state index contributed by atoms with van der Waals surface area (Å²) in [5.74, 6) is -0.0470. The minimum atomic E-state index is -0.138. The molecule has 0 bridgehead atoms. The van der Waals surface area contributed by atoms with Gasteiger partial charge in [0.25, 0.3) is 0 Å². The molecule has 94 valence electrons. The highest BCUT2D eigenvalue weighted by molar-refractivity contribution is 5.78. The topological polar surface area (TPSA) is 59.2 Å². The maximum Gasteiger partial charge on any atom is 0.227 e. The van der Waals surface area contributed by atoms with Crippen LogP contribution in [0.3, 0.4) is 0 Å². The Labute approximate surface area is 103 Å². The van der Waals surface area contributed by atoms with Crippen molar-refractivity contribution in [3.8, 4) is 0 Å². The van der Waals surface area contributed by atoms with Gasteiger partial charge >= 0.3 is 0 Å². The van der Waals surface area contributed by atoms with E-state index in [0.717, 1.165) is 5.69 Å². The van der Waals surface area contributed by atoms with Crippen LogP contribution in [0.15, 0.2) is 24.4 Å². The third-order valence-electron chi connectivity index (χ3n) is 2.74. The van der Waals surface area contributed by atoms with Gasteiger partial charge in [-0.2, -0.15) is 0 Å². The molecule has 0 aliphatic heterocycles. The number of hydrogen-bond acceptors (Lipinski definition) is 3. The van der Waals surface area contributed by atoms with Crippen LogP contribution in [-0.4, -0.2) is 28.4 Å². The van der Waals surface area contributed by atoms with E-state index in [2.05, 4.69) is 4.98 Å². The number of amides is 1. The summed E-state index contributed by atoms with van der Waals surface area (Å²) >= 11 is 0. The van der Waals surface area contributed by atoms with E-state index < -0.39 is 0 Å². The normalized spacial score (nSPS) is 12.5.